The highest BCUT2D eigenvalue weighted by Gasteiger charge is 2.46. The fourth-order valence-electron chi connectivity index (χ4n) is 2.92. The molecule has 2 saturated heterocycles. The van der Waals surface area contributed by atoms with Gasteiger partial charge in [-0.1, -0.05) is 0 Å². The summed E-state index contributed by atoms with van der Waals surface area (Å²) in [5.74, 6) is 0. The summed E-state index contributed by atoms with van der Waals surface area (Å²) in [4.78, 5) is 0. The van der Waals surface area contributed by atoms with Crippen LogP contribution in [0.2, 0.25) is 0 Å². The van der Waals surface area contributed by atoms with E-state index in [-0.39, 0.29) is 12.8 Å². The molecule has 2 aliphatic rings. The van der Waals surface area contributed by atoms with Crippen molar-refractivity contribution < 1.29 is 50.3 Å². The first kappa shape index (κ1) is 18.9. The van der Waals surface area contributed by atoms with Crippen molar-refractivity contribution in [2.24, 2.45) is 0 Å². The molecule has 0 aromatic heterocycles. The summed E-state index contributed by atoms with van der Waals surface area (Å²) in [6.45, 7) is -0.548. The Kier molecular flexibility index (Phi) is 6.30. The van der Waals surface area contributed by atoms with Gasteiger partial charge in [-0.05, 0) is 12.8 Å². The van der Waals surface area contributed by atoms with Crippen molar-refractivity contribution in [1.29, 1.82) is 0 Å². The second kappa shape index (κ2) is 7.66. The number of aliphatic hydroxyl groups is 8. The Bertz CT molecular complexity index is 380. The molecule has 8 N–H and O–H groups in total. The van der Waals surface area contributed by atoms with Crippen LogP contribution in [0.15, 0.2) is 0 Å². The van der Waals surface area contributed by atoms with E-state index in [9.17, 15) is 35.7 Å². The topological polar surface area (TPSA) is 180 Å². The molecular weight excluding hydrogens is 316 g/mol. The van der Waals surface area contributed by atoms with Crippen LogP contribution in [0.5, 0.6) is 0 Å². The minimum atomic E-state index is -1.66. The van der Waals surface area contributed by atoms with E-state index in [1.165, 1.54) is 0 Å². The maximum atomic E-state index is 9.90. The van der Waals surface area contributed by atoms with E-state index in [1.54, 1.807) is 0 Å². The molecule has 10 heteroatoms. The van der Waals surface area contributed by atoms with E-state index >= 15 is 0 Å². The average molecular weight is 340 g/mol. The highest BCUT2D eigenvalue weighted by atomic mass is 16.6. The number of aliphatic hydroxyl groups excluding tert-OH is 8. The van der Waals surface area contributed by atoms with Gasteiger partial charge in [-0.25, -0.2) is 0 Å². The number of hydrogen-bond acceptors (Lipinski definition) is 10. The van der Waals surface area contributed by atoms with Crippen LogP contribution in [0.25, 0.3) is 0 Å². The van der Waals surface area contributed by atoms with E-state index in [1.807, 2.05) is 0 Å². The molecule has 10 nitrogen and oxygen atoms in total. The Balaban J connectivity index is 1.94. The Morgan fingerprint density at radius 3 is 1.48 bits per heavy atom. The molecule has 0 radical (unpaired) electrons. The van der Waals surface area contributed by atoms with Crippen molar-refractivity contribution in [1.82, 2.24) is 0 Å². The molecule has 136 valence electrons. The van der Waals surface area contributed by atoms with E-state index in [0.717, 1.165) is 0 Å². The maximum Gasteiger partial charge on any atom is 0.183 e. The van der Waals surface area contributed by atoms with Crippen molar-refractivity contribution in [2.75, 3.05) is 6.61 Å². The third-order valence-corrected chi connectivity index (χ3v) is 4.41. The quantitative estimate of drug-likeness (QED) is 0.248. The first-order valence-corrected chi connectivity index (χ1v) is 7.46. The summed E-state index contributed by atoms with van der Waals surface area (Å²) in [7, 11) is 0. The van der Waals surface area contributed by atoms with Crippen molar-refractivity contribution in [3.05, 3.63) is 0 Å². The first-order valence-electron chi connectivity index (χ1n) is 7.46. The number of rotatable bonds is 4. The van der Waals surface area contributed by atoms with E-state index in [0.29, 0.717) is 0 Å². The maximum absolute atomic E-state index is 9.90. The number of ether oxygens (including phenoxy) is 2. The molecule has 0 spiro atoms. The summed E-state index contributed by atoms with van der Waals surface area (Å²) < 4.78 is 10.3. The van der Waals surface area contributed by atoms with E-state index in [4.69, 9.17) is 14.6 Å². The van der Waals surface area contributed by atoms with Gasteiger partial charge >= 0.3 is 0 Å². The van der Waals surface area contributed by atoms with E-state index < -0.39 is 67.8 Å². The Labute approximate surface area is 132 Å². The molecule has 0 aromatic carbocycles. The molecule has 0 bridgehead atoms. The van der Waals surface area contributed by atoms with Crippen molar-refractivity contribution in [3.8, 4) is 0 Å². The van der Waals surface area contributed by atoms with Crippen LogP contribution in [0.4, 0.5) is 0 Å². The lowest BCUT2D eigenvalue weighted by atomic mass is 9.90. The van der Waals surface area contributed by atoms with Crippen molar-refractivity contribution in [2.45, 2.75) is 74.1 Å². The van der Waals surface area contributed by atoms with Gasteiger partial charge in [0.25, 0.3) is 0 Å². The normalized spacial score (nSPS) is 51.7. The van der Waals surface area contributed by atoms with Gasteiger partial charge in [0, 0.05) is 0 Å². The summed E-state index contributed by atoms with van der Waals surface area (Å²) >= 11 is 0. The summed E-state index contributed by atoms with van der Waals surface area (Å²) in [6, 6.07) is 0. The van der Waals surface area contributed by atoms with Gasteiger partial charge in [0.15, 0.2) is 6.29 Å². The van der Waals surface area contributed by atoms with Gasteiger partial charge < -0.3 is 50.3 Å². The van der Waals surface area contributed by atoms with Crippen LogP contribution in [0, 0.1) is 0 Å². The Morgan fingerprint density at radius 2 is 0.957 bits per heavy atom. The molecule has 0 aromatic rings. The van der Waals surface area contributed by atoms with Crippen LogP contribution in [-0.4, -0.2) is 109 Å². The van der Waals surface area contributed by atoms with Gasteiger partial charge in [-0.3, -0.25) is 0 Å². The zero-order chi connectivity index (χ0) is 17.3. The van der Waals surface area contributed by atoms with Gasteiger partial charge in [0.2, 0.25) is 0 Å². The monoisotopic (exact) mass is 340 g/mol. The average Bonchev–Trinajstić information content (AvgIpc) is 2.54. The SMILES string of the molecule is OCC1OC(CCC2OC(O)C(O)C(O)C2O)C(O)C(O)C1O. The fraction of sp³-hybridized carbons (Fsp3) is 1.00. The lowest BCUT2D eigenvalue weighted by molar-refractivity contribution is -0.285. The third-order valence-electron chi connectivity index (χ3n) is 4.41. The first-order chi connectivity index (χ1) is 10.8. The van der Waals surface area contributed by atoms with Crippen LogP contribution in [-0.2, 0) is 9.47 Å². The largest absolute Gasteiger partial charge is 0.394 e. The standard InChI is InChI=1S/C13H24O10/c14-3-6-9(17)10(18)7(15)4(22-6)1-2-5-8(16)11(19)12(20)13(21)23-5/h4-21H,1-3H2. The predicted molar refractivity (Wildman–Crippen MR) is 71.9 cm³/mol. The van der Waals surface area contributed by atoms with Crippen LogP contribution < -0.4 is 0 Å². The number of hydrogen-bond donors (Lipinski definition) is 8. The van der Waals surface area contributed by atoms with Crippen LogP contribution in [0.1, 0.15) is 12.8 Å². The van der Waals surface area contributed by atoms with Crippen LogP contribution in [0.3, 0.4) is 0 Å². The zero-order valence-electron chi connectivity index (χ0n) is 12.3. The molecule has 10 atom stereocenters. The predicted octanol–water partition coefficient (Wildman–Crippen LogP) is -4.59. The van der Waals surface area contributed by atoms with Gasteiger partial charge in [-0.15, -0.1) is 0 Å². The highest BCUT2D eigenvalue weighted by Crippen LogP contribution is 2.28. The van der Waals surface area contributed by atoms with Crippen molar-refractivity contribution >= 4 is 0 Å². The van der Waals surface area contributed by atoms with Crippen LogP contribution >= 0.6 is 0 Å². The smallest absolute Gasteiger partial charge is 0.183 e. The Hall–Kier alpha value is -0.400. The lowest BCUT2D eigenvalue weighted by Gasteiger charge is -2.42. The molecule has 0 saturated carbocycles. The molecule has 10 unspecified atom stereocenters. The minimum Gasteiger partial charge on any atom is -0.394 e. The fourth-order valence-corrected chi connectivity index (χ4v) is 2.92. The van der Waals surface area contributed by atoms with Gasteiger partial charge in [-0.2, -0.15) is 0 Å². The highest BCUT2D eigenvalue weighted by molar-refractivity contribution is 4.94. The zero-order valence-corrected chi connectivity index (χ0v) is 12.3. The summed E-state index contributed by atoms with van der Waals surface area (Å²) in [5.41, 5.74) is 0. The van der Waals surface area contributed by atoms with Gasteiger partial charge in [0.1, 0.15) is 42.7 Å². The second-order valence-electron chi connectivity index (χ2n) is 5.98. The third kappa shape index (κ3) is 3.82. The van der Waals surface area contributed by atoms with E-state index in [2.05, 4.69) is 0 Å². The summed E-state index contributed by atoms with van der Waals surface area (Å²) in [6.07, 6.45) is -13.6. The molecule has 0 amide bonds. The molecule has 2 fully saturated rings. The van der Waals surface area contributed by atoms with Crippen molar-refractivity contribution in [3.63, 3.8) is 0 Å². The molecule has 2 heterocycles. The molecule has 23 heavy (non-hydrogen) atoms. The molecular formula is C13H24O10. The molecule has 2 aliphatic heterocycles. The molecule has 0 aliphatic carbocycles. The minimum absolute atomic E-state index is 0.0324. The summed E-state index contributed by atoms with van der Waals surface area (Å²) in [5, 5.41) is 76.7. The lowest BCUT2D eigenvalue weighted by Crippen LogP contribution is -2.59. The second-order valence-corrected chi connectivity index (χ2v) is 5.98. The molecule has 2 rings (SSSR count). The Morgan fingerprint density at radius 1 is 0.522 bits per heavy atom. The van der Waals surface area contributed by atoms with Gasteiger partial charge in [0.05, 0.1) is 18.8 Å².